The SMILES string of the molecule is CCC(=O)N[C@@H](CO)[C@H](O)CC. The molecule has 0 aromatic heterocycles. The van der Waals surface area contributed by atoms with E-state index in [1.807, 2.05) is 0 Å². The van der Waals surface area contributed by atoms with Crippen molar-refractivity contribution in [1.82, 2.24) is 5.32 Å². The van der Waals surface area contributed by atoms with E-state index in [1.54, 1.807) is 13.8 Å². The minimum Gasteiger partial charge on any atom is -0.394 e. The van der Waals surface area contributed by atoms with Gasteiger partial charge in [0.1, 0.15) is 0 Å². The van der Waals surface area contributed by atoms with Crippen LogP contribution in [0.25, 0.3) is 0 Å². The molecule has 0 bridgehead atoms. The van der Waals surface area contributed by atoms with Crippen molar-refractivity contribution in [2.45, 2.75) is 38.8 Å². The predicted octanol–water partition coefficient (Wildman–Crippen LogP) is -0.356. The third-order valence-electron chi connectivity index (χ3n) is 1.75. The van der Waals surface area contributed by atoms with Crippen LogP contribution in [-0.2, 0) is 4.79 Å². The molecule has 0 saturated carbocycles. The van der Waals surface area contributed by atoms with Crippen molar-refractivity contribution in [3.63, 3.8) is 0 Å². The number of aliphatic hydroxyl groups is 2. The fourth-order valence-corrected chi connectivity index (χ4v) is 0.857. The minimum absolute atomic E-state index is 0.151. The quantitative estimate of drug-likeness (QED) is 0.534. The summed E-state index contributed by atoms with van der Waals surface area (Å²) in [6, 6.07) is -0.526. The molecule has 0 aliphatic rings. The van der Waals surface area contributed by atoms with Gasteiger partial charge in [-0.3, -0.25) is 4.79 Å². The van der Waals surface area contributed by atoms with E-state index in [0.717, 1.165) is 0 Å². The Morgan fingerprint density at radius 3 is 2.42 bits per heavy atom. The van der Waals surface area contributed by atoms with Gasteiger partial charge in [-0.2, -0.15) is 0 Å². The fourth-order valence-electron chi connectivity index (χ4n) is 0.857. The van der Waals surface area contributed by atoms with Crippen molar-refractivity contribution >= 4 is 5.91 Å². The number of hydrogen-bond acceptors (Lipinski definition) is 3. The van der Waals surface area contributed by atoms with Gasteiger partial charge in [0.25, 0.3) is 0 Å². The molecule has 0 rings (SSSR count). The first kappa shape index (κ1) is 11.4. The van der Waals surface area contributed by atoms with Crippen LogP contribution in [0.15, 0.2) is 0 Å². The van der Waals surface area contributed by atoms with Crippen LogP contribution in [0.2, 0.25) is 0 Å². The highest BCUT2D eigenvalue weighted by molar-refractivity contribution is 5.75. The molecule has 2 atom stereocenters. The minimum atomic E-state index is -0.662. The molecule has 3 N–H and O–H groups in total. The molecule has 72 valence electrons. The van der Waals surface area contributed by atoms with Gasteiger partial charge in [0, 0.05) is 6.42 Å². The van der Waals surface area contributed by atoms with E-state index in [2.05, 4.69) is 5.32 Å². The van der Waals surface area contributed by atoms with Gasteiger partial charge >= 0.3 is 0 Å². The van der Waals surface area contributed by atoms with Crippen molar-refractivity contribution in [2.24, 2.45) is 0 Å². The Morgan fingerprint density at radius 1 is 1.50 bits per heavy atom. The van der Waals surface area contributed by atoms with Crippen molar-refractivity contribution in [2.75, 3.05) is 6.61 Å². The Hall–Kier alpha value is -0.610. The second kappa shape index (κ2) is 5.97. The smallest absolute Gasteiger partial charge is 0.220 e. The van der Waals surface area contributed by atoms with Gasteiger partial charge in [0.05, 0.1) is 18.8 Å². The van der Waals surface area contributed by atoms with Crippen LogP contribution in [0.3, 0.4) is 0 Å². The molecule has 0 spiro atoms. The average Bonchev–Trinajstić information content (AvgIpc) is 2.12. The molecule has 0 heterocycles. The highest BCUT2D eigenvalue weighted by Gasteiger charge is 2.17. The lowest BCUT2D eigenvalue weighted by Crippen LogP contribution is -2.45. The van der Waals surface area contributed by atoms with Gasteiger partial charge in [0.2, 0.25) is 5.91 Å². The number of rotatable bonds is 5. The number of nitrogens with one attached hydrogen (secondary N) is 1. The lowest BCUT2D eigenvalue weighted by atomic mass is 10.1. The summed E-state index contributed by atoms with van der Waals surface area (Å²) in [5.74, 6) is -0.151. The Morgan fingerprint density at radius 2 is 2.08 bits per heavy atom. The highest BCUT2D eigenvalue weighted by Crippen LogP contribution is 1.97. The summed E-state index contributed by atoms with van der Waals surface area (Å²) in [7, 11) is 0. The van der Waals surface area contributed by atoms with Crippen molar-refractivity contribution < 1.29 is 15.0 Å². The van der Waals surface area contributed by atoms with Crippen LogP contribution in [0.4, 0.5) is 0 Å². The molecule has 0 aliphatic heterocycles. The summed E-state index contributed by atoms with van der Waals surface area (Å²) in [6.45, 7) is 3.30. The summed E-state index contributed by atoms with van der Waals surface area (Å²) in [5, 5.41) is 20.6. The number of hydrogen-bond donors (Lipinski definition) is 3. The topological polar surface area (TPSA) is 69.6 Å². The number of amides is 1. The van der Waals surface area contributed by atoms with Gasteiger partial charge in [-0.05, 0) is 6.42 Å². The molecule has 4 nitrogen and oxygen atoms in total. The normalized spacial score (nSPS) is 15.3. The second-order valence-corrected chi connectivity index (χ2v) is 2.69. The standard InChI is InChI=1S/C8H17NO3/c1-3-7(11)6(5-10)9-8(12)4-2/h6-7,10-11H,3-5H2,1-2H3,(H,9,12)/t6-,7+/m0/s1. The summed E-state index contributed by atoms with van der Waals surface area (Å²) in [5.41, 5.74) is 0. The fraction of sp³-hybridized carbons (Fsp3) is 0.875. The first-order valence-electron chi connectivity index (χ1n) is 4.23. The molecule has 0 aromatic rings. The first-order valence-corrected chi connectivity index (χ1v) is 4.23. The molecular formula is C8H17NO3. The van der Waals surface area contributed by atoms with Gasteiger partial charge in [-0.15, -0.1) is 0 Å². The Labute approximate surface area is 72.6 Å². The maximum atomic E-state index is 10.9. The van der Waals surface area contributed by atoms with E-state index in [1.165, 1.54) is 0 Å². The molecule has 0 radical (unpaired) electrons. The Kier molecular flexibility index (Phi) is 5.66. The average molecular weight is 175 g/mol. The van der Waals surface area contributed by atoms with Crippen molar-refractivity contribution in [3.05, 3.63) is 0 Å². The van der Waals surface area contributed by atoms with Crippen LogP contribution in [0, 0.1) is 0 Å². The number of carbonyl (C=O) groups excluding carboxylic acids is 1. The molecule has 0 aliphatic carbocycles. The second-order valence-electron chi connectivity index (χ2n) is 2.69. The summed E-state index contributed by atoms with van der Waals surface area (Å²) in [6.07, 6.45) is 0.229. The zero-order valence-electron chi connectivity index (χ0n) is 7.58. The van der Waals surface area contributed by atoms with E-state index < -0.39 is 12.1 Å². The molecule has 1 amide bonds. The van der Waals surface area contributed by atoms with Gasteiger partial charge in [-0.1, -0.05) is 13.8 Å². The maximum absolute atomic E-state index is 10.9. The summed E-state index contributed by atoms with van der Waals surface area (Å²) < 4.78 is 0. The first-order chi connectivity index (χ1) is 5.65. The van der Waals surface area contributed by atoms with Gasteiger partial charge < -0.3 is 15.5 Å². The largest absolute Gasteiger partial charge is 0.394 e. The molecular weight excluding hydrogens is 158 g/mol. The predicted molar refractivity (Wildman–Crippen MR) is 45.6 cm³/mol. The van der Waals surface area contributed by atoms with Gasteiger partial charge in [-0.25, -0.2) is 0 Å². The number of aliphatic hydroxyl groups excluding tert-OH is 2. The van der Waals surface area contributed by atoms with E-state index in [0.29, 0.717) is 12.8 Å². The molecule has 0 aromatic carbocycles. The molecule has 0 fully saturated rings. The van der Waals surface area contributed by atoms with E-state index in [-0.39, 0.29) is 12.5 Å². The van der Waals surface area contributed by atoms with E-state index in [4.69, 9.17) is 5.11 Å². The summed E-state index contributed by atoms with van der Waals surface area (Å²) in [4.78, 5) is 10.9. The van der Waals surface area contributed by atoms with Crippen LogP contribution >= 0.6 is 0 Å². The molecule has 12 heavy (non-hydrogen) atoms. The van der Waals surface area contributed by atoms with Crippen LogP contribution < -0.4 is 5.32 Å². The van der Waals surface area contributed by atoms with E-state index in [9.17, 15) is 9.90 Å². The molecule has 4 heteroatoms. The lowest BCUT2D eigenvalue weighted by molar-refractivity contribution is -0.122. The Balaban J connectivity index is 3.90. The highest BCUT2D eigenvalue weighted by atomic mass is 16.3. The third-order valence-corrected chi connectivity index (χ3v) is 1.75. The van der Waals surface area contributed by atoms with Crippen molar-refractivity contribution in [3.8, 4) is 0 Å². The lowest BCUT2D eigenvalue weighted by Gasteiger charge is -2.20. The van der Waals surface area contributed by atoms with Gasteiger partial charge in [0.15, 0.2) is 0 Å². The van der Waals surface area contributed by atoms with Crippen LogP contribution in [0.1, 0.15) is 26.7 Å². The van der Waals surface area contributed by atoms with Crippen LogP contribution in [-0.4, -0.2) is 34.9 Å². The molecule has 0 unspecified atom stereocenters. The molecule has 0 saturated heterocycles. The van der Waals surface area contributed by atoms with Crippen molar-refractivity contribution in [1.29, 1.82) is 0 Å². The van der Waals surface area contributed by atoms with E-state index >= 15 is 0 Å². The van der Waals surface area contributed by atoms with Crippen LogP contribution in [0.5, 0.6) is 0 Å². The zero-order valence-corrected chi connectivity index (χ0v) is 7.58. The number of carbonyl (C=O) groups is 1. The zero-order chi connectivity index (χ0) is 9.56. The monoisotopic (exact) mass is 175 g/mol. The third kappa shape index (κ3) is 3.69. The summed E-state index contributed by atoms with van der Waals surface area (Å²) >= 11 is 0. The Bertz CT molecular complexity index is 138. The maximum Gasteiger partial charge on any atom is 0.220 e.